The minimum atomic E-state index is -0.429. The summed E-state index contributed by atoms with van der Waals surface area (Å²) in [6, 6.07) is 9.10. The zero-order valence-corrected chi connectivity index (χ0v) is 13.6. The molecular formula is C15H25SSi. The van der Waals surface area contributed by atoms with E-state index >= 15 is 0 Å². The summed E-state index contributed by atoms with van der Waals surface area (Å²) in [6.45, 7) is 11.8. The molecule has 1 rings (SSSR count). The van der Waals surface area contributed by atoms with E-state index in [0.29, 0.717) is 0 Å². The first-order valence-electron chi connectivity index (χ1n) is 6.60. The van der Waals surface area contributed by atoms with Crippen molar-refractivity contribution >= 4 is 25.7 Å². The smallest absolute Gasteiger partial charge is 0.0914 e. The molecule has 0 aliphatic rings. The third-order valence-corrected chi connectivity index (χ3v) is 7.56. The molecule has 0 nitrogen and oxygen atoms in total. The van der Waals surface area contributed by atoms with Gasteiger partial charge in [-0.2, -0.15) is 11.8 Å². The van der Waals surface area contributed by atoms with Crippen molar-refractivity contribution < 1.29 is 0 Å². The van der Waals surface area contributed by atoms with Gasteiger partial charge in [0.05, 0.1) is 8.80 Å². The maximum atomic E-state index is 2.39. The van der Waals surface area contributed by atoms with Crippen LogP contribution < -0.4 is 5.19 Å². The summed E-state index contributed by atoms with van der Waals surface area (Å²) in [5.74, 6) is 2.39. The molecule has 0 unspecified atom stereocenters. The number of benzene rings is 1. The van der Waals surface area contributed by atoms with Crippen LogP contribution in [0.5, 0.6) is 0 Å². The van der Waals surface area contributed by atoms with Crippen molar-refractivity contribution in [2.45, 2.75) is 51.5 Å². The van der Waals surface area contributed by atoms with Crippen molar-refractivity contribution in [1.82, 2.24) is 0 Å². The summed E-state index contributed by atoms with van der Waals surface area (Å²) in [5, 5.41) is 1.67. The van der Waals surface area contributed by atoms with E-state index in [1.807, 2.05) is 11.8 Å². The molecule has 0 spiro atoms. The summed E-state index contributed by atoms with van der Waals surface area (Å²) >= 11 is 2.03. The second-order valence-corrected chi connectivity index (χ2v) is 10.1. The van der Waals surface area contributed by atoms with Crippen LogP contribution in [-0.2, 0) is 5.75 Å². The van der Waals surface area contributed by atoms with Crippen LogP contribution in [-0.4, -0.2) is 14.5 Å². The van der Waals surface area contributed by atoms with Gasteiger partial charge in [0.15, 0.2) is 0 Å². The summed E-state index contributed by atoms with van der Waals surface area (Å²) < 4.78 is 0. The molecule has 0 aliphatic heterocycles. The van der Waals surface area contributed by atoms with Crippen LogP contribution in [0, 0.1) is 0 Å². The number of rotatable bonds is 6. The van der Waals surface area contributed by atoms with Gasteiger partial charge in [0.2, 0.25) is 0 Å². The first kappa shape index (κ1) is 14.8. The highest BCUT2D eigenvalue weighted by atomic mass is 32.2. The predicted molar refractivity (Wildman–Crippen MR) is 83.9 cm³/mol. The van der Waals surface area contributed by atoms with E-state index < -0.39 is 8.80 Å². The van der Waals surface area contributed by atoms with Crippen LogP contribution in [0.4, 0.5) is 0 Å². The van der Waals surface area contributed by atoms with Gasteiger partial charge in [-0.05, 0) is 22.4 Å². The highest BCUT2D eigenvalue weighted by Crippen LogP contribution is 2.22. The fourth-order valence-electron chi connectivity index (χ4n) is 2.43. The quantitative estimate of drug-likeness (QED) is 0.684. The molecule has 1 aromatic rings. The van der Waals surface area contributed by atoms with Crippen LogP contribution >= 0.6 is 11.8 Å². The molecule has 95 valence electrons. The summed E-state index contributed by atoms with van der Waals surface area (Å²) in [4.78, 5) is 0. The fraction of sp³-hybridized carbons (Fsp3) is 0.600. The van der Waals surface area contributed by atoms with Gasteiger partial charge in [-0.1, -0.05) is 64.1 Å². The minimum absolute atomic E-state index is 0.429. The second kappa shape index (κ2) is 7.27. The molecule has 1 aromatic carbocycles. The standard InChI is InChI=1S/C15H25SSi/c1-6-16-11-14-9-7-8-10-15(14)17(12(2)3)13(4)5/h7-10,12-13H,6,11H2,1-5H3. The Morgan fingerprint density at radius 3 is 2.18 bits per heavy atom. The number of thioether (sulfide) groups is 1. The largest absolute Gasteiger partial charge is 0.158 e. The molecule has 0 N–H and O–H groups in total. The maximum Gasteiger partial charge on any atom is 0.0914 e. The number of hydrogen-bond donors (Lipinski definition) is 0. The highest BCUT2D eigenvalue weighted by Gasteiger charge is 2.23. The van der Waals surface area contributed by atoms with E-state index in [9.17, 15) is 0 Å². The second-order valence-electron chi connectivity index (χ2n) is 5.06. The normalized spacial score (nSPS) is 11.8. The molecule has 0 saturated carbocycles. The summed E-state index contributed by atoms with van der Waals surface area (Å²) in [5.41, 5.74) is 3.20. The Hall–Kier alpha value is -0.213. The van der Waals surface area contributed by atoms with Crippen molar-refractivity contribution in [1.29, 1.82) is 0 Å². The molecular weight excluding hydrogens is 240 g/mol. The Balaban J connectivity index is 3.00. The lowest BCUT2D eigenvalue weighted by Gasteiger charge is -2.25. The molecule has 0 amide bonds. The van der Waals surface area contributed by atoms with Crippen LogP contribution in [0.15, 0.2) is 24.3 Å². The molecule has 0 aromatic heterocycles. The average Bonchev–Trinajstić information content (AvgIpc) is 2.27. The number of hydrogen-bond acceptors (Lipinski definition) is 1. The Kier molecular flexibility index (Phi) is 6.35. The van der Waals surface area contributed by atoms with E-state index in [0.717, 1.165) is 11.1 Å². The van der Waals surface area contributed by atoms with Crippen molar-refractivity contribution in [3.8, 4) is 0 Å². The van der Waals surface area contributed by atoms with Gasteiger partial charge >= 0.3 is 0 Å². The Morgan fingerprint density at radius 2 is 1.65 bits per heavy atom. The van der Waals surface area contributed by atoms with E-state index in [4.69, 9.17) is 0 Å². The SMILES string of the molecule is CCSCc1ccccc1[Si](C(C)C)C(C)C. The van der Waals surface area contributed by atoms with E-state index in [1.165, 1.54) is 11.5 Å². The van der Waals surface area contributed by atoms with Crippen LogP contribution in [0.25, 0.3) is 0 Å². The molecule has 0 aliphatic carbocycles. The van der Waals surface area contributed by atoms with Crippen LogP contribution in [0.3, 0.4) is 0 Å². The Bertz CT molecular complexity index is 325. The Morgan fingerprint density at radius 1 is 1.06 bits per heavy atom. The highest BCUT2D eigenvalue weighted by molar-refractivity contribution is 7.98. The van der Waals surface area contributed by atoms with Gasteiger partial charge in [0.25, 0.3) is 0 Å². The summed E-state index contributed by atoms with van der Waals surface area (Å²) in [6.07, 6.45) is 0. The zero-order chi connectivity index (χ0) is 12.8. The summed E-state index contributed by atoms with van der Waals surface area (Å²) in [7, 11) is -0.429. The van der Waals surface area contributed by atoms with Gasteiger partial charge in [0.1, 0.15) is 0 Å². The van der Waals surface area contributed by atoms with Crippen LogP contribution in [0.2, 0.25) is 11.1 Å². The van der Waals surface area contributed by atoms with Crippen molar-refractivity contribution in [2.75, 3.05) is 5.75 Å². The minimum Gasteiger partial charge on any atom is -0.158 e. The Labute approximate surface area is 113 Å². The molecule has 0 fully saturated rings. The molecule has 0 heterocycles. The third-order valence-electron chi connectivity index (χ3n) is 3.03. The lowest BCUT2D eigenvalue weighted by molar-refractivity contribution is 0.950. The fourth-order valence-corrected chi connectivity index (χ4v) is 6.64. The molecule has 0 bridgehead atoms. The maximum absolute atomic E-state index is 2.39. The zero-order valence-electron chi connectivity index (χ0n) is 11.8. The molecule has 17 heavy (non-hydrogen) atoms. The van der Waals surface area contributed by atoms with E-state index in [1.54, 1.807) is 10.8 Å². The lowest BCUT2D eigenvalue weighted by Crippen LogP contribution is -2.38. The van der Waals surface area contributed by atoms with Crippen molar-refractivity contribution in [2.24, 2.45) is 0 Å². The van der Waals surface area contributed by atoms with Crippen LogP contribution in [0.1, 0.15) is 40.2 Å². The van der Waals surface area contributed by atoms with Gasteiger partial charge in [0, 0.05) is 5.75 Å². The first-order chi connectivity index (χ1) is 8.07. The molecule has 0 saturated heterocycles. The predicted octanol–water partition coefficient (Wildman–Crippen LogP) is 4.46. The molecule has 0 atom stereocenters. The van der Waals surface area contributed by atoms with E-state index in [-0.39, 0.29) is 0 Å². The molecule has 2 heteroatoms. The third kappa shape index (κ3) is 4.18. The average molecular weight is 266 g/mol. The van der Waals surface area contributed by atoms with Crippen molar-refractivity contribution in [3.05, 3.63) is 29.8 Å². The van der Waals surface area contributed by atoms with Crippen molar-refractivity contribution in [3.63, 3.8) is 0 Å². The first-order valence-corrected chi connectivity index (χ1v) is 9.41. The van der Waals surface area contributed by atoms with Gasteiger partial charge < -0.3 is 0 Å². The lowest BCUT2D eigenvalue weighted by atomic mass is 10.2. The molecule has 1 radical (unpaired) electrons. The van der Waals surface area contributed by atoms with Gasteiger partial charge in [-0.3, -0.25) is 0 Å². The monoisotopic (exact) mass is 265 g/mol. The van der Waals surface area contributed by atoms with E-state index in [2.05, 4.69) is 58.9 Å². The van der Waals surface area contributed by atoms with Gasteiger partial charge in [-0.15, -0.1) is 0 Å². The topological polar surface area (TPSA) is 0 Å². The van der Waals surface area contributed by atoms with Gasteiger partial charge in [-0.25, -0.2) is 0 Å².